The van der Waals surface area contributed by atoms with Gasteiger partial charge in [0.2, 0.25) is 0 Å². The molecule has 1 N–H and O–H groups in total. The predicted molar refractivity (Wildman–Crippen MR) is 86.8 cm³/mol. The third-order valence-electron chi connectivity index (χ3n) is 6.73. The Labute approximate surface area is 132 Å². The molecule has 1 heterocycles. The van der Waals surface area contributed by atoms with Crippen LogP contribution in [0.1, 0.15) is 93.7 Å². The molecular formula is C20H26O2. The summed E-state index contributed by atoms with van der Waals surface area (Å²) in [4.78, 5) is 0. The number of benzene rings is 1. The molecule has 0 amide bonds. The van der Waals surface area contributed by atoms with Gasteiger partial charge in [-0.3, -0.25) is 0 Å². The van der Waals surface area contributed by atoms with Crippen LogP contribution in [-0.4, -0.2) is 10.7 Å². The van der Waals surface area contributed by atoms with Gasteiger partial charge in [0.05, 0.1) is 0 Å². The van der Waals surface area contributed by atoms with Gasteiger partial charge in [-0.2, -0.15) is 0 Å². The molecule has 0 radical (unpaired) electrons. The smallest absolute Gasteiger partial charge is 0.127 e. The summed E-state index contributed by atoms with van der Waals surface area (Å²) in [6.45, 7) is 7.03. The molecule has 4 unspecified atom stereocenters. The second-order valence-electron chi connectivity index (χ2n) is 9.35. The van der Waals surface area contributed by atoms with Gasteiger partial charge in [0.25, 0.3) is 0 Å². The van der Waals surface area contributed by atoms with Crippen molar-refractivity contribution < 1.29 is 9.84 Å². The summed E-state index contributed by atoms with van der Waals surface area (Å²) >= 11 is 0. The maximum atomic E-state index is 10.6. The number of ether oxygens (including phenoxy) is 1. The largest absolute Gasteiger partial charge is 0.508 e. The van der Waals surface area contributed by atoms with Crippen molar-refractivity contribution in [3.63, 3.8) is 0 Å². The molecule has 0 saturated heterocycles. The van der Waals surface area contributed by atoms with Crippen molar-refractivity contribution in [2.45, 2.75) is 82.7 Å². The summed E-state index contributed by atoms with van der Waals surface area (Å²) in [6.07, 6.45) is 7.22. The van der Waals surface area contributed by atoms with E-state index in [1.54, 1.807) is 0 Å². The van der Waals surface area contributed by atoms with Crippen molar-refractivity contribution in [1.82, 2.24) is 0 Å². The molecule has 2 nitrogen and oxygen atoms in total. The van der Waals surface area contributed by atoms with Crippen LogP contribution < -0.4 is 4.74 Å². The highest BCUT2D eigenvalue weighted by Gasteiger charge is 2.51. The maximum absolute atomic E-state index is 10.6. The number of phenols is 1. The van der Waals surface area contributed by atoms with Crippen LogP contribution in [0.2, 0.25) is 0 Å². The van der Waals surface area contributed by atoms with Gasteiger partial charge < -0.3 is 9.84 Å². The van der Waals surface area contributed by atoms with Crippen LogP contribution in [0.4, 0.5) is 0 Å². The summed E-state index contributed by atoms with van der Waals surface area (Å²) in [5.41, 5.74) is 4.23. The fraction of sp³-hybridized carbons (Fsp3) is 0.700. The highest BCUT2D eigenvalue weighted by Crippen LogP contribution is 2.64. The predicted octanol–water partition coefficient (Wildman–Crippen LogP) is 5.20. The van der Waals surface area contributed by atoms with E-state index in [0.717, 1.165) is 12.8 Å². The van der Waals surface area contributed by atoms with Crippen LogP contribution in [0.15, 0.2) is 6.07 Å². The molecule has 1 aromatic rings. The lowest BCUT2D eigenvalue weighted by molar-refractivity contribution is -0.0292. The molecule has 22 heavy (non-hydrogen) atoms. The summed E-state index contributed by atoms with van der Waals surface area (Å²) < 4.78 is 6.67. The first-order valence-electron chi connectivity index (χ1n) is 8.94. The molecule has 4 bridgehead atoms. The highest BCUT2D eigenvalue weighted by atomic mass is 16.5. The lowest BCUT2D eigenvalue weighted by Crippen LogP contribution is -2.47. The quantitative estimate of drug-likeness (QED) is 0.713. The zero-order valence-corrected chi connectivity index (χ0v) is 13.9. The minimum absolute atomic E-state index is 0.0218. The van der Waals surface area contributed by atoms with Crippen molar-refractivity contribution in [1.29, 1.82) is 0 Å². The maximum Gasteiger partial charge on any atom is 0.127 e. The summed E-state index contributed by atoms with van der Waals surface area (Å²) in [5.74, 6) is 3.50. The van der Waals surface area contributed by atoms with Crippen molar-refractivity contribution in [3.8, 4) is 11.5 Å². The van der Waals surface area contributed by atoms with Crippen LogP contribution in [0.25, 0.3) is 0 Å². The van der Waals surface area contributed by atoms with E-state index < -0.39 is 0 Å². The van der Waals surface area contributed by atoms with E-state index in [0.29, 0.717) is 28.9 Å². The highest BCUT2D eigenvalue weighted by molar-refractivity contribution is 5.62. The zero-order chi connectivity index (χ0) is 15.3. The van der Waals surface area contributed by atoms with Gasteiger partial charge in [-0.15, -0.1) is 0 Å². The SMILES string of the molecule is CC1(C)CC2CC(C)(C1)Oc1c2cc(O)c2c1C1CCC2C1. The summed E-state index contributed by atoms with van der Waals surface area (Å²) in [5, 5.41) is 10.6. The Bertz CT molecular complexity index is 675. The topological polar surface area (TPSA) is 29.5 Å². The Morgan fingerprint density at radius 1 is 1.05 bits per heavy atom. The third kappa shape index (κ3) is 1.62. The minimum atomic E-state index is -0.0218. The first-order chi connectivity index (χ1) is 10.4. The van der Waals surface area contributed by atoms with E-state index >= 15 is 0 Å². The van der Waals surface area contributed by atoms with E-state index in [2.05, 4.69) is 26.8 Å². The number of phenolic OH excluding ortho intramolecular Hbond substituents is 1. The van der Waals surface area contributed by atoms with Gasteiger partial charge >= 0.3 is 0 Å². The van der Waals surface area contributed by atoms with Crippen LogP contribution >= 0.6 is 0 Å². The third-order valence-corrected chi connectivity index (χ3v) is 6.73. The van der Waals surface area contributed by atoms with Crippen molar-refractivity contribution >= 4 is 0 Å². The Morgan fingerprint density at radius 3 is 2.55 bits per heavy atom. The van der Waals surface area contributed by atoms with Crippen molar-refractivity contribution in [2.75, 3.05) is 0 Å². The second kappa shape index (κ2) is 3.83. The molecule has 0 spiro atoms. The lowest BCUT2D eigenvalue weighted by Gasteiger charge is -2.51. The molecule has 2 fully saturated rings. The average Bonchev–Trinajstić information content (AvgIpc) is 2.99. The number of rotatable bonds is 0. The first kappa shape index (κ1) is 13.3. The zero-order valence-electron chi connectivity index (χ0n) is 13.9. The fourth-order valence-electron chi connectivity index (χ4n) is 6.42. The number of hydrogen-bond acceptors (Lipinski definition) is 2. The first-order valence-corrected chi connectivity index (χ1v) is 8.94. The number of hydrogen-bond donors (Lipinski definition) is 1. The standard InChI is InChI=1S/C20H26O2/c1-19(2)8-13-9-20(3,10-19)22-18-14(13)7-15(21)16-11-4-5-12(6-11)17(16)18/h7,11-13,21H,4-6,8-10H2,1-3H3. The van der Waals surface area contributed by atoms with Gasteiger partial charge in [-0.05, 0) is 74.7 Å². The van der Waals surface area contributed by atoms with Gasteiger partial charge in [0.15, 0.2) is 0 Å². The summed E-state index contributed by atoms with van der Waals surface area (Å²) in [7, 11) is 0. The monoisotopic (exact) mass is 298 g/mol. The molecule has 4 aliphatic rings. The molecule has 5 rings (SSSR count). The molecule has 0 aromatic heterocycles. The summed E-state index contributed by atoms with van der Waals surface area (Å²) in [6, 6.07) is 2.06. The van der Waals surface area contributed by atoms with Crippen LogP contribution in [0.5, 0.6) is 11.5 Å². The number of aromatic hydroxyl groups is 1. The Balaban J connectivity index is 1.72. The molecule has 1 aliphatic heterocycles. The Morgan fingerprint density at radius 2 is 1.77 bits per heavy atom. The van der Waals surface area contributed by atoms with Gasteiger partial charge in [-0.1, -0.05) is 13.8 Å². The van der Waals surface area contributed by atoms with Crippen LogP contribution in [0.3, 0.4) is 0 Å². The lowest BCUT2D eigenvalue weighted by atomic mass is 9.62. The van der Waals surface area contributed by atoms with Crippen LogP contribution in [0, 0.1) is 5.41 Å². The molecule has 2 heteroatoms. The normalized spacial score (nSPS) is 40.0. The number of fused-ring (bicyclic) bond motifs is 10. The van der Waals surface area contributed by atoms with E-state index in [9.17, 15) is 5.11 Å². The molecule has 1 aromatic carbocycles. The second-order valence-corrected chi connectivity index (χ2v) is 9.35. The van der Waals surface area contributed by atoms with E-state index in [1.807, 2.05) is 0 Å². The molecule has 4 atom stereocenters. The molecule has 3 aliphatic carbocycles. The van der Waals surface area contributed by atoms with Gasteiger partial charge in [0.1, 0.15) is 17.1 Å². The van der Waals surface area contributed by atoms with E-state index in [-0.39, 0.29) is 5.60 Å². The average molecular weight is 298 g/mol. The van der Waals surface area contributed by atoms with Crippen molar-refractivity contribution in [2.24, 2.45) is 5.41 Å². The molecule has 118 valence electrons. The van der Waals surface area contributed by atoms with Crippen molar-refractivity contribution in [3.05, 3.63) is 22.8 Å². The van der Waals surface area contributed by atoms with Crippen LogP contribution in [-0.2, 0) is 0 Å². The fourth-order valence-corrected chi connectivity index (χ4v) is 6.42. The van der Waals surface area contributed by atoms with E-state index in [1.165, 1.54) is 48.1 Å². The minimum Gasteiger partial charge on any atom is -0.508 e. The molecular weight excluding hydrogens is 272 g/mol. The van der Waals surface area contributed by atoms with Gasteiger partial charge in [0, 0.05) is 16.7 Å². The Hall–Kier alpha value is -1.18. The van der Waals surface area contributed by atoms with E-state index in [4.69, 9.17) is 4.74 Å². The molecule has 2 saturated carbocycles. The van der Waals surface area contributed by atoms with Gasteiger partial charge in [-0.25, -0.2) is 0 Å². The Kier molecular flexibility index (Phi) is 2.31.